The average molecular weight is 137 g/mol. The Kier molecular flexibility index (Phi) is 1.97. The number of rotatable bonds is 0. The molecule has 0 nitrogen and oxygen atoms in total. The van der Waals surface area contributed by atoms with Crippen LogP contribution in [0.4, 0.5) is 0 Å². The molecule has 57 valence electrons. The summed E-state index contributed by atoms with van der Waals surface area (Å²) >= 11 is 0. The fraction of sp³-hybridized carbons (Fsp3) is 0.900. The minimum atomic E-state index is 1.10. The molecule has 10 heavy (non-hydrogen) atoms. The van der Waals surface area contributed by atoms with Crippen LogP contribution in [-0.4, -0.2) is 0 Å². The molecule has 0 spiro atoms. The zero-order valence-corrected chi connectivity index (χ0v) is 6.68. The molecule has 0 bridgehead atoms. The first-order chi connectivity index (χ1) is 4.97. The van der Waals surface area contributed by atoms with Crippen molar-refractivity contribution < 1.29 is 0 Å². The van der Waals surface area contributed by atoms with E-state index in [1.54, 1.807) is 6.42 Å². The largest absolute Gasteiger partial charge is 0.0530 e. The predicted octanol–water partition coefficient (Wildman–Crippen LogP) is 3.18. The molecule has 1 radical (unpaired) electrons. The Morgan fingerprint density at radius 1 is 0.900 bits per heavy atom. The molecule has 2 saturated carbocycles. The van der Waals surface area contributed by atoms with Gasteiger partial charge in [-0.3, -0.25) is 0 Å². The third-order valence-corrected chi connectivity index (χ3v) is 3.28. The van der Waals surface area contributed by atoms with E-state index >= 15 is 0 Å². The van der Waals surface area contributed by atoms with Gasteiger partial charge in [-0.05, 0) is 37.5 Å². The smallest absolute Gasteiger partial charge is 0.0383 e. The summed E-state index contributed by atoms with van der Waals surface area (Å²) in [6.07, 6.45) is 12.9. The van der Waals surface area contributed by atoms with Crippen LogP contribution >= 0.6 is 0 Å². The molecule has 0 aromatic heterocycles. The summed E-state index contributed by atoms with van der Waals surface area (Å²) in [5.41, 5.74) is 0. The number of fused-ring (bicyclic) bond motifs is 1. The van der Waals surface area contributed by atoms with Crippen LogP contribution in [-0.2, 0) is 0 Å². The minimum absolute atomic E-state index is 1.10. The van der Waals surface area contributed by atoms with Crippen molar-refractivity contribution in [2.24, 2.45) is 11.8 Å². The highest BCUT2D eigenvalue weighted by Crippen LogP contribution is 2.39. The van der Waals surface area contributed by atoms with Crippen molar-refractivity contribution in [1.29, 1.82) is 0 Å². The van der Waals surface area contributed by atoms with Gasteiger partial charge in [-0.25, -0.2) is 0 Å². The van der Waals surface area contributed by atoms with Crippen LogP contribution in [0, 0.1) is 18.3 Å². The van der Waals surface area contributed by atoms with Gasteiger partial charge in [0.1, 0.15) is 0 Å². The maximum Gasteiger partial charge on any atom is -0.0383 e. The number of hydrogen-bond donors (Lipinski definition) is 0. The molecule has 2 fully saturated rings. The van der Waals surface area contributed by atoms with E-state index in [9.17, 15) is 0 Å². The monoisotopic (exact) mass is 137 g/mol. The Bertz CT molecular complexity index is 80.6. The lowest BCUT2D eigenvalue weighted by Gasteiger charge is -2.35. The van der Waals surface area contributed by atoms with Crippen molar-refractivity contribution in [2.45, 2.75) is 44.9 Å². The van der Waals surface area contributed by atoms with E-state index in [1.807, 2.05) is 0 Å². The highest BCUT2D eigenvalue weighted by molar-refractivity contribution is 4.86. The molecule has 2 aliphatic carbocycles. The second kappa shape index (κ2) is 2.94. The van der Waals surface area contributed by atoms with Crippen LogP contribution in [0.15, 0.2) is 0 Å². The van der Waals surface area contributed by atoms with Crippen LogP contribution in [0.1, 0.15) is 44.9 Å². The van der Waals surface area contributed by atoms with Crippen molar-refractivity contribution in [1.82, 2.24) is 0 Å². The topological polar surface area (TPSA) is 0 Å². The molecule has 0 aromatic rings. The minimum Gasteiger partial charge on any atom is -0.0530 e. The third-order valence-electron chi connectivity index (χ3n) is 3.28. The van der Waals surface area contributed by atoms with E-state index in [1.165, 1.54) is 38.5 Å². The summed E-state index contributed by atoms with van der Waals surface area (Å²) in [7, 11) is 0. The van der Waals surface area contributed by atoms with Crippen LogP contribution in [0.2, 0.25) is 0 Å². The van der Waals surface area contributed by atoms with Gasteiger partial charge in [0, 0.05) is 0 Å². The first-order valence-corrected chi connectivity index (χ1v) is 4.78. The fourth-order valence-electron chi connectivity index (χ4n) is 2.64. The highest BCUT2D eigenvalue weighted by Gasteiger charge is 2.26. The molecule has 0 aromatic carbocycles. The second-order valence-electron chi connectivity index (χ2n) is 3.91. The molecule has 2 atom stereocenters. The van der Waals surface area contributed by atoms with Crippen LogP contribution < -0.4 is 0 Å². The summed E-state index contributed by atoms with van der Waals surface area (Å²) in [4.78, 5) is 0. The van der Waals surface area contributed by atoms with E-state index in [2.05, 4.69) is 6.42 Å². The van der Waals surface area contributed by atoms with Crippen LogP contribution in [0.25, 0.3) is 0 Å². The maximum atomic E-state index is 2.51. The SMILES string of the molecule is [CH]1CC[C@H]2CCCC[C@H]2C1. The summed E-state index contributed by atoms with van der Waals surface area (Å²) in [6, 6.07) is 0. The first kappa shape index (κ1) is 6.69. The van der Waals surface area contributed by atoms with Gasteiger partial charge >= 0.3 is 0 Å². The first-order valence-electron chi connectivity index (χ1n) is 4.78. The van der Waals surface area contributed by atoms with Gasteiger partial charge in [-0.15, -0.1) is 0 Å². The molecule has 0 heteroatoms. The summed E-state index contributed by atoms with van der Waals surface area (Å²) in [6.45, 7) is 0. The predicted molar refractivity (Wildman–Crippen MR) is 43.6 cm³/mol. The normalized spacial score (nSPS) is 40.8. The van der Waals surface area contributed by atoms with E-state index in [0.29, 0.717) is 0 Å². The quantitative estimate of drug-likeness (QED) is 0.481. The Morgan fingerprint density at radius 2 is 1.70 bits per heavy atom. The zero-order valence-electron chi connectivity index (χ0n) is 6.68. The lowest BCUT2D eigenvalue weighted by atomic mass is 9.71. The Labute approximate surface area is 64.0 Å². The molecular weight excluding hydrogens is 120 g/mol. The van der Waals surface area contributed by atoms with Gasteiger partial charge in [0.25, 0.3) is 0 Å². The van der Waals surface area contributed by atoms with Gasteiger partial charge < -0.3 is 0 Å². The van der Waals surface area contributed by atoms with Crippen molar-refractivity contribution in [3.8, 4) is 0 Å². The molecule has 0 heterocycles. The van der Waals surface area contributed by atoms with Crippen LogP contribution in [0.3, 0.4) is 0 Å². The van der Waals surface area contributed by atoms with Gasteiger partial charge in [-0.2, -0.15) is 0 Å². The highest BCUT2D eigenvalue weighted by atomic mass is 14.3. The summed E-state index contributed by atoms with van der Waals surface area (Å²) in [5, 5.41) is 0. The van der Waals surface area contributed by atoms with Gasteiger partial charge in [0.05, 0.1) is 0 Å². The molecule has 0 amide bonds. The van der Waals surface area contributed by atoms with E-state index in [-0.39, 0.29) is 0 Å². The van der Waals surface area contributed by atoms with Crippen molar-refractivity contribution in [3.05, 3.63) is 6.42 Å². The molecule has 0 saturated heterocycles. The maximum absolute atomic E-state index is 2.51. The van der Waals surface area contributed by atoms with Gasteiger partial charge in [-0.1, -0.05) is 25.7 Å². The fourth-order valence-corrected chi connectivity index (χ4v) is 2.64. The van der Waals surface area contributed by atoms with Crippen molar-refractivity contribution in [3.63, 3.8) is 0 Å². The summed E-state index contributed by atoms with van der Waals surface area (Å²) < 4.78 is 0. The Morgan fingerprint density at radius 3 is 2.50 bits per heavy atom. The van der Waals surface area contributed by atoms with Gasteiger partial charge in [0.2, 0.25) is 0 Å². The van der Waals surface area contributed by atoms with E-state index in [4.69, 9.17) is 0 Å². The average Bonchev–Trinajstić information content (AvgIpc) is 2.05. The second-order valence-corrected chi connectivity index (χ2v) is 3.91. The van der Waals surface area contributed by atoms with Crippen molar-refractivity contribution >= 4 is 0 Å². The van der Waals surface area contributed by atoms with Crippen molar-refractivity contribution in [2.75, 3.05) is 0 Å². The third kappa shape index (κ3) is 1.21. The van der Waals surface area contributed by atoms with E-state index < -0.39 is 0 Å². The zero-order chi connectivity index (χ0) is 6.81. The molecule has 0 aliphatic heterocycles. The molecule has 0 N–H and O–H groups in total. The van der Waals surface area contributed by atoms with E-state index in [0.717, 1.165) is 11.8 Å². The lowest BCUT2D eigenvalue weighted by molar-refractivity contribution is 0.197. The summed E-state index contributed by atoms with van der Waals surface area (Å²) in [5.74, 6) is 2.22. The molecule has 0 unspecified atom stereocenters. The Balaban J connectivity index is 1.93. The molecular formula is C10H17. The Hall–Kier alpha value is 0. The standard InChI is InChI=1S/C10H17/c1-2-6-10-8-4-3-7-9(10)5-1/h1,9-10H,2-8H2/t9-,10+/m1/s1. The van der Waals surface area contributed by atoms with Gasteiger partial charge in [0.15, 0.2) is 0 Å². The van der Waals surface area contributed by atoms with Crippen LogP contribution in [0.5, 0.6) is 0 Å². The number of hydrogen-bond acceptors (Lipinski definition) is 0. The molecule has 2 rings (SSSR count). The molecule has 2 aliphatic rings. The lowest BCUT2D eigenvalue weighted by Crippen LogP contribution is -2.22.